The Balaban J connectivity index is 1.67. The van der Waals surface area contributed by atoms with Gasteiger partial charge >= 0.3 is 0 Å². The standard InChI is InChI=1S/C12H17NO2/c1-13-6-4-11(8-13)12(14)9-15-7-5-10-2-3-10/h4,6,8,10H,2-3,5,7,9H2,1H3. The first kappa shape index (κ1) is 10.4. The summed E-state index contributed by atoms with van der Waals surface area (Å²) in [6.45, 7) is 0.944. The number of ketones is 1. The molecule has 0 N–H and O–H groups in total. The van der Waals surface area contributed by atoms with Crippen LogP contribution in [0.4, 0.5) is 0 Å². The van der Waals surface area contributed by atoms with E-state index in [1.165, 1.54) is 12.8 Å². The Morgan fingerprint density at radius 3 is 3.00 bits per heavy atom. The number of aromatic nitrogens is 1. The van der Waals surface area contributed by atoms with Crippen LogP contribution in [0.2, 0.25) is 0 Å². The number of carbonyl (C=O) groups is 1. The molecule has 1 fully saturated rings. The number of rotatable bonds is 6. The minimum atomic E-state index is 0.0754. The number of ether oxygens (including phenoxy) is 1. The van der Waals surface area contributed by atoms with Gasteiger partial charge in [-0.1, -0.05) is 12.8 Å². The molecule has 0 saturated heterocycles. The van der Waals surface area contributed by atoms with Gasteiger partial charge in [-0.3, -0.25) is 4.79 Å². The zero-order valence-corrected chi connectivity index (χ0v) is 9.11. The van der Waals surface area contributed by atoms with Gasteiger partial charge in [-0.25, -0.2) is 0 Å². The number of nitrogens with zero attached hydrogens (tertiary/aromatic N) is 1. The van der Waals surface area contributed by atoms with Crippen molar-refractivity contribution in [3.05, 3.63) is 24.0 Å². The average molecular weight is 207 g/mol. The van der Waals surface area contributed by atoms with E-state index < -0.39 is 0 Å². The summed E-state index contributed by atoms with van der Waals surface area (Å²) in [6, 6.07) is 1.83. The van der Waals surface area contributed by atoms with Crippen molar-refractivity contribution < 1.29 is 9.53 Å². The number of hydrogen-bond donors (Lipinski definition) is 0. The molecule has 15 heavy (non-hydrogen) atoms. The van der Waals surface area contributed by atoms with Gasteiger partial charge in [0.15, 0.2) is 5.78 Å². The second kappa shape index (κ2) is 4.62. The molecule has 0 radical (unpaired) electrons. The van der Waals surface area contributed by atoms with Crippen LogP contribution >= 0.6 is 0 Å². The Labute approximate surface area is 90.0 Å². The maximum atomic E-state index is 11.6. The predicted octanol–water partition coefficient (Wildman–Crippen LogP) is 2.02. The summed E-state index contributed by atoms with van der Waals surface area (Å²) in [5.74, 6) is 0.947. The zero-order chi connectivity index (χ0) is 10.7. The molecule has 0 aliphatic heterocycles. The van der Waals surface area contributed by atoms with E-state index in [2.05, 4.69) is 0 Å². The maximum Gasteiger partial charge on any atom is 0.189 e. The van der Waals surface area contributed by atoms with Crippen LogP contribution in [0.15, 0.2) is 18.5 Å². The molecule has 1 aliphatic rings. The largest absolute Gasteiger partial charge is 0.373 e. The van der Waals surface area contributed by atoms with E-state index in [0.29, 0.717) is 0 Å². The van der Waals surface area contributed by atoms with Crippen molar-refractivity contribution in [2.45, 2.75) is 19.3 Å². The molecule has 1 aromatic heterocycles. The molecule has 1 saturated carbocycles. The normalized spacial score (nSPS) is 15.5. The molecule has 3 nitrogen and oxygen atoms in total. The van der Waals surface area contributed by atoms with E-state index in [4.69, 9.17) is 4.74 Å². The summed E-state index contributed by atoms with van der Waals surface area (Å²) in [4.78, 5) is 11.6. The molecule has 82 valence electrons. The number of Topliss-reactive ketones (excluding diaryl/α,β-unsaturated/α-hetero) is 1. The fourth-order valence-corrected chi connectivity index (χ4v) is 1.57. The SMILES string of the molecule is Cn1ccc(C(=O)COCCC2CC2)c1. The minimum absolute atomic E-state index is 0.0754. The second-order valence-corrected chi connectivity index (χ2v) is 4.27. The summed E-state index contributed by atoms with van der Waals surface area (Å²) in [5, 5.41) is 0. The first-order valence-electron chi connectivity index (χ1n) is 5.48. The minimum Gasteiger partial charge on any atom is -0.373 e. The van der Waals surface area contributed by atoms with Crippen LogP contribution in [0.1, 0.15) is 29.6 Å². The van der Waals surface area contributed by atoms with Crippen LogP contribution in [-0.2, 0) is 11.8 Å². The smallest absolute Gasteiger partial charge is 0.189 e. The molecule has 0 spiro atoms. The maximum absolute atomic E-state index is 11.6. The molecular formula is C12H17NO2. The molecule has 0 bridgehead atoms. The molecule has 0 atom stereocenters. The van der Waals surface area contributed by atoms with Gasteiger partial charge in [0.1, 0.15) is 6.61 Å². The van der Waals surface area contributed by atoms with E-state index in [1.54, 1.807) is 0 Å². The first-order valence-corrected chi connectivity index (χ1v) is 5.48. The number of hydrogen-bond acceptors (Lipinski definition) is 2. The van der Waals surface area contributed by atoms with Crippen molar-refractivity contribution in [1.82, 2.24) is 4.57 Å². The third-order valence-electron chi connectivity index (χ3n) is 2.75. The fourth-order valence-electron chi connectivity index (χ4n) is 1.57. The Kier molecular flexibility index (Phi) is 3.21. The van der Waals surface area contributed by atoms with Gasteiger partial charge in [-0.05, 0) is 18.4 Å². The van der Waals surface area contributed by atoms with Crippen LogP contribution in [-0.4, -0.2) is 23.6 Å². The summed E-state index contributed by atoms with van der Waals surface area (Å²) in [5.41, 5.74) is 0.740. The highest BCUT2D eigenvalue weighted by Crippen LogP contribution is 2.32. The Morgan fingerprint density at radius 2 is 2.40 bits per heavy atom. The Bertz CT molecular complexity index is 339. The lowest BCUT2D eigenvalue weighted by atomic mass is 10.2. The van der Waals surface area contributed by atoms with Gasteiger partial charge in [-0.15, -0.1) is 0 Å². The number of aryl methyl sites for hydroxylation is 1. The van der Waals surface area contributed by atoms with Gasteiger partial charge in [0, 0.05) is 31.6 Å². The van der Waals surface area contributed by atoms with Gasteiger partial charge in [0.05, 0.1) is 0 Å². The summed E-state index contributed by atoms with van der Waals surface area (Å²) < 4.78 is 7.22. The van der Waals surface area contributed by atoms with E-state index in [1.807, 2.05) is 30.1 Å². The summed E-state index contributed by atoms with van der Waals surface area (Å²) in [6.07, 6.45) is 7.50. The highest BCUT2D eigenvalue weighted by Gasteiger charge is 2.20. The molecule has 1 aromatic rings. The molecule has 2 rings (SSSR count). The molecular weight excluding hydrogens is 190 g/mol. The molecule has 1 heterocycles. The topological polar surface area (TPSA) is 31.2 Å². The van der Waals surface area contributed by atoms with E-state index in [9.17, 15) is 4.79 Å². The third-order valence-corrected chi connectivity index (χ3v) is 2.75. The average Bonchev–Trinajstić information content (AvgIpc) is 2.94. The van der Waals surface area contributed by atoms with Crippen LogP contribution < -0.4 is 0 Å². The van der Waals surface area contributed by atoms with Crippen molar-refractivity contribution in [2.24, 2.45) is 13.0 Å². The van der Waals surface area contributed by atoms with Crippen molar-refractivity contribution in [3.8, 4) is 0 Å². The molecule has 0 amide bonds. The molecule has 3 heteroatoms. The van der Waals surface area contributed by atoms with Crippen LogP contribution in [0, 0.1) is 5.92 Å². The van der Waals surface area contributed by atoms with E-state index in [0.717, 1.165) is 24.5 Å². The molecule has 1 aliphatic carbocycles. The predicted molar refractivity (Wildman–Crippen MR) is 57.9 cm³/mol. The van der Waals surface area contributed by atoms with Crippen molar-refractivity contribution >= 4 is 5.78 Å². The molecule has 0 aromatic carbocycles. The van der Waals surface area contributed by atoms with Crippen LogP contribution in [0.25, 0.3) is 0 Å². The van der Waals surface area contributed by atoms with Crippen LogP contribution in [0.3, 0.4) is 0 Å². The third kappa shape index (κ3) is 3.20. The lowest BCUT2D eigenvalue weighted by Crippen LogP contribution is -2.09. The lowest BCUT2D eigenvalue weighted by Gasteiger charge is -2.01. The van der Waals surface area contributed by atoms with Crippen LogP contribution in [0.5, 0.6) is 0 Å². The Morgan fingerprint density at radius 1 is 1.60 bits per heavy atom. The second-order valence-electron chi connectivity index (χ2n) is 4.27. The summed E-state index contributed by atoms with van der Waals surface area (Å²) in [7, 11) is 1.91. The molecule has 0 unspecified atom stereocenters. The van der Waals surface area contributed by atoms with Crippen molar-refractivity contribution in [2.75, 3.05) is 13.2 Å². The summed E-state index contributed by atoms with van der Waals surface area (Å²) >= 11 is 0. The van der Waals surface area contributed by atoms with Gasteiger partial charge < -0.3 is 9.30 Å². The van der Waals surface area contributed by atoms with Gasteiger partial charge in [-0.2, -0.15) is 0 Å². The van der Waals surface area contributed by atoms with Gasteiger partial charge in [0.2, 0.25) is 0 Å². The monoisotopic (exact) mass is 207 g/mol. The lowest BCUT2D eigenvalue weighted by molar-refractivity contribution is 0.0748. The fraction of sp³-hybridized carbons (Fsp3) is 0.583. The van der Waals surface area contributed by atoms with E-state index >= 15 is 0 Å². The van der Waals surface area contributed by atoms with Crippen molar-refractivity contribution in [3.63, 3.8) is 0 Å². The van der Waals surface area contributed by atoms with Gasteiger partial charge in [0.25, 0.3) is 0 Å². The Hall–Kier alpha value is -1.09. The first-order chi connectivity index (χ1) is 7.25. The highest BCUT2D eigenvalue weighted by molar-refractivity contribution is 5.96. The quantitative estimate of drug-likeness (QED) is 0.528. The van der Waals surface area contributed by atoms with Crippen molar-refractivity contribution in [1.29, 1.82) is 0 Å². The van der Waals surface area contributed by atoms with E-state index in [-0.39, 0.29) is 12.4 Å². The highest BCUT2D eigenvalue weighted by atomic mass is 16.5. The zero-order valence-electron chi connectivity index (χ0n) is 9.11. The number of carbonyl (C=O) groups excluding carboxylic acids is 1.